The van der Waals surface area contributed by atoms with Crippen LogP contribution in [-0.2, 0) is 0 Å². The van der Waals surface area contributed by atoms with Gasteiger partial charge >= 0.3 is 0 Å². The molecule has 1 saturated carbocycles. The topological polar surface area (TPSA) is 29.1 Å². The molecule has 0 atom stereocenters. The van der Waals surface area contributed by atoms with Crippen molar-refractivity contribution in [3.8, 4) is 0 Å². The summed E-state index contributed by atoms with van der Waals surface area (Å²) in [5, 5.41) is 3.90. The SMILES string of the molecule is CSC1CCC(NC(=O)c2cccc(S)c2)CC1. The molecule has 0 heterocycles. The van der Waals surface area contributed by atoms with E-state index in [2.05, 4.69) is 24.2 Å². The summed E-state index contributed by atoms with van der Waals surface area (Å²) in [6.45, 7) is 0. The third kappa shape index (κ3) is 3.69. The lowest BCUT2D eigenvalue weighted by molar-refractivity contribution is 0.0928. The van der Waals surface area contributed by atoms with Gasteiger partial charge in [-0.2, -0.15) is 11.8 Å². The molecular formula is C14H19NOS2. The molecule has 0 bridgehead atoms. The molecule has 4 heteroatoms. The number of nitrogens with one attached hydrogen (secondary N) is 1. The lowest BCUT2D eigenvalue weighted by atomic mass is 9.94. The summed E-state index contributed by atoms with van der Waals surface area (Å²) in [4.78, 5) is 12.9. The molecule has 1 aliphatic rings. The number of carbonyl (C=O) groups excluding carboxylic acids is 1. The van der Waals surface area contributed by atoms with Gasteiger partial charge in [-0.25, -0.2) is 0 Å². The van der Waals surface area contributed by atoms with Crippen LogP contribution in [0.5, 0.6) is 0 Å². The molecular weight excluding hydrogens is 262 g/mol. The fraction of sp³-hybridized carbons (Fsp3) is 0.500. The molecule has 0 aliphatic heterocycles. The van der Waals surface area contributed by atoms with Crippen molar-refractivity contribution in [1.82, 2.24) is 5.32 Å². The van der Waals surface area contributed by atoms with Crippen molar-refractivity contribution in [1.29, 1.82) is 0 Å². The Kier molecular flexibility index (Phi) is 5.01. The van der Waals surface area contributed by atoms with Gasteiger partial charge in [-0.3, -0.25) is 4.79 Å². The van der Waals surface area contributed by atoms with Crippen LogP contribution in [0.25, 0.3) is 0 Å². The Morgan fingerprint density at radius 1 is 1.33 bits per heavy atom. The minimum absolute atomic E-state index is 0.0264. The normalized spacial score (nSPS) is 23.7. The van der Waals surface area contributed by atoms with E-state index in [1.54, 1.807) is 0 Å². The molecule has 0 aromatic heterocycles. The van der Waals surface area contributed by atoms with Crippen LogP contribution in [0.2, 0.25) is 0 Å². The molecule has 0 saturated heterocycles. The van der Waals surface area contributed by atoms with Crippen LogP contribution in [0.1, 0.15) is 36.0 Å². The first-order valence-electron chi connectivity index (χ1n) is 6.31. The average Bonchev–Trinajstić information content (AvgIpc) is 2.39. The Morgan fingerprint density at radius 2 is 2.06 bits per heavy atom. The maximum Gasteiger partial charge on any atom is 0.251 e. The lowest BCUT2D eigenvalue weighted by Crippen LogP contribution is -2.38. The predicted octanol–water partition coefficient (Wildman–Crippen LogP) is 3.38. The molecule has 1 amide bonds. The van der Waals surface area contributed by atoms with Crippen molar-refractivity contribution >= 4 is 30.3 Å². The molecule has 0 spiro atoms. The number of carbonyl (C=O) groups is 1. The smallest absolute Gasteiger partial charge is 0.251 e. The molecule has 98 valence electrons. The van der Waals surface area contributed by atoms with E-state index in [1.807, 2.05) is 36.0 Å². The van der Waals surface area contributed by atoms with E-state index in [-0.39, 0.29) is 5.91 Å². The minimum atomic E-state index is 0.0264. The highest BCUT2D eigenvalue weighted by molar-refractivity contribution is 7.99. The summed E-state index contributed by atoms with van der Waals surface area (Å²) in [7, 11) is 0. The number of thioether (sulfide) groups is 1. The quantitative estimate of drug-likeness (QED) is 0.832. The predicted molar refractivity (Wildman–Crippen MR) is 80.7 cm³/mol. The largest absolute Gasteiger partial charge is 0.349 e. The van der Waals surface area contributed by atoms with Gasteiger partial charge < -0.3 is 5.32 Å². The molecule has 1 aromatic rings. The summed E-state index contributed by atoms with van der Waals surface area (Å²) in [5.74, 6) is 0.0264. The molecule has 1 fully saturated rings. The van der Waals surface area contributed by atoms with E-state index >= 15 is 0 Å². The highest BCUT2D eigenvalue weighted by atomic mass is 32.2. The van der Waals surface area contributed by atoms with Crippen LogP contribution < -0.4 is 5.32 Å². The van der Waals surface area contributed by atoms with Gasteiger partial charge in [0.15, 0.2) is 0 Å². The van der Waals surface area contributed by atoms with Crippen molar-refractivity contribution in [2.75, 3.05) is 6.26 Å². The van der Waals surface area contributed by atoms with Gasteiger partial charge in [0.05, 0.1) is 0 Å². The average molecular weight is 281 g/mol. The number of hydrogen-bond acceptors (Lipinski definition) is 3. The number of amides is 1. The van der Waals surface area contributed by atoms with Crippen molar-refractivity contribution in [2.24, 2.45) is 0 Å². The van der Waals surface area contributed by atoms with Crippen LogP contribution in [0.3, 0.4) is 0 Å². The second-order valence-electron chi connectivity index (χ2n) is 4.73. The van der Waals surface area contributed by atoms with E-state index < -0.39 is 0 Å². The van der Waals surface area contributed by atoms with Gasteiger partial charge in [0.25, 0.3) is 5.91 Å². The Morgan fingerprint density at radius 3 is 2.67 bits per heavy atom. The fourth-order valence-corrected chi connectivity index (χ4v) is 3.33. The zero-order valence-electron chi connectivity index (χ0n) is 10.6. The molecule has 2 nitrogen and oxygen atoms in total. The van der Waals surface area contributed by atoms with Crippen LogP contribution in [0.15, 0.2) is 29.2 Å². The van der Waals surface area contributed by atoms with Crippen LogP contribution in [0, 0.1) is 0 Å². The van der Waals surface area contributed by atoms with E-state index in [1.165, 1.54) is 12.8 Å². The zero-order chi connectivity index (χ0) is 13.0. The van der Waals surface area contributed by atoms with Crippen LogP contribution in [0.4, 0.5) is 0 Å². The van der Waals surface area contributed by atoms with Crippen LogP contribution in [-0.4, -0.2) is 23.5 Å². The molecule has 2 rings (SSSR count). The van der Waals surface area contributed by atoms with E-state index in [0.717, 1.165) is 23.0 Å². The highest BCUT2D eigenvalue weighted by Gasteiger charge is 2.22. The first kappa shape index (κ1) is 13.8. The summed E-state index contributed by atoms with van der Waals surface area (Å²) in [6, 6.07) is 7.73. The molecule has 1 aromatic carbocycles. The van der Waals surface area contributed by atoms with Gasteiger partial charge in [0, 0.05) is 21.8 Å². The Labute approximate surface area is 118 Å². The number of benzene rings is 1. The van der Waals surface area contributed by atoms with Gasteiger partial charge in [-0.05, 0) is 50.1 Å². The number of rotatable bonds is 3. The Bertz CT molecular complexity index is 414. The van der Waals surface area contributed by atoms with Gasteiger partial charge in [-0.15, -0.1) is 12.6 Å². The maximum atomic E-state index is 12.1. The monoisotopic (exact) mass is 281 g/mol. The molecule has 1 N–H and O–H groups in total. The zero-order valence-corrected chi connectivity index (χ0v) is 12.3. The third-order valence-electron chi connectivity index (χ3n) is 3.45. The number of thiol groups is 1. The van der Waals surface area contributed by atoms with Crippen molar-refractivity contribution in [2.45, 2.75) is 41.9 Å². The van der Waals surface area contributed by atoms with Gasteiger partial charge in [0.1, 0.15) is 0 Å². The van der Waals surface area contributed by atoms with E-state index in [9.17, 15) is 4.79 Å². The second-order valence-corrected chi connectivity index (χ2v) is 6.39. The minimum Gasteiger partial charge on any atom is -0.349 e. The second kappa shape index (κ2) is 6.53. The maximum absolute atomic E-state index is 12.1. The summed E-state index contributed by atoms with van der Waals surface area (Å²) in [6.07, 6.45) is 6.77. The molecule has 18 heavy (non-hydrogen) atoms. The van der Waals surface area contributed by atoms with Crippen LogP contribution >= 0.6 is 24.4 Å². The van der Waals surface area contributed by atoms with Crippen molar-refractivity contribution < 1.29 is 4.79 Å². The fourth-order valence-electron chi connectivity index (χ4n) is 2.36. The molecule has 1 aliphatic carbocycles. The van der Waals surface area contributed by atoms with E-state index in [0.29, 0.717) is 11.6 Å². The molecule has 0 radical (unpaired) electrons. The standard InChI is InChI=1S/C14H19NOS2/c1-18-13-7-5-11(6-8-13)15-14(16)10-3-2-4-12(17)9-10/h2-4,9,11,13,17H,5-8H2,1H3,(H,15,16). The first-order chi connectivity index (χ1) is 8.69. The lowest BCUT2D eigenvalue weighted by Gasteiger charge is -2.28. The van der Waals surface area contributed by atoms with E-state index in [4.69, 9.17) is 0 Å². The summed E-state index contributed by atoms with van der Waals surface area (Å²) in [5.41, 5.74) is 0.703. The molecule has 0 unspecified atom stereocenters. The third-order valence-corrected chi connectivity index (χ3v) is 4.87. The number of hydrogen-bond donors (Lipinski definition) is 2. The van der Waals surface area contributed by atoms with Crippen molar-refractivity contribution in [3.63, 3.8) is 0 Å². The van der Waals surface area contributed by atoms with Gasteiger partial charge in [-0.1, -0.05) is 6.07 Å². The highest BCUT2D eigenvalue weighted by Crippen LogP contribution is 2.27. The Hall–Kier alpha value is -0.610. The first-order valence-corrected chi connectivity index (χ1v) is 8.05. The summed E-state index contributed by atoms with van der Waals surface area (Å²) < 4.78 is 0. The van der Waals surface area contributed by atoms with Gasteiger partial charge in [0.2, 0.25) is 0 Å². The van der Waals surface area contributed by atoms with Crippen molar-refractivity contribution in [3.05, 3.63) is 29.8 Å². The summed E-state index contributed by atoms with van der Waals surface area (Å²) >= 11 is 6.20. The Balaban J connectivity index is 1.89.